The van der Waals surface area contributed by atoms with Crippen LogP contribution in [0.2, 0.25) is 0 Å². The lowest BCUT2D eigenvalue weighted by molar-refractivity contribution is -0.130. The van der Waals surface area contributed by atoms with Crippen LogP contribution in [0.1, 0.15) is 49.5 Å². The fraction of sp³-hybridized carbons (Fsp3) is 0.483. The maximum absolute atomic E-state index is 14.6. The number of nitrogens with zero attached hydrogens (tertiary/aromatic N) is 6. The molecule has 5 heterocycles. The molecule has 2 fully saturated rings. The molecule has 3 aromatic heterocycles. The van der Waals surface area contributed by atoms with Crippen LogP contribution in [-0.4, -0.2) is 74.5 Å². The third-order valence-electron chi connectivity index (χ3n) is 8.19. The second kappa shape index (κ2) is 12.0. The highest BCUT2D eigenvalue weighted by atomic mass is 32.1. The van der Waals surface area contributed by atoms with Gasteiger partial charge in [-0.2, -0.15) is 10.2 Å². The fourth-order valence-corrected chi connectivity index (χ4v) is 7.18. The number of rotatable bonds is 9. The van der Waals surface area contributed by atoms with Gasteiger partial charge in [0.2, 0.25) is 5.91 Å². The van der Waals surface area contributed by atoms with Crippen molar-refractivity contribution in [2.24, 2.45) is 0 Å². The van der Waals surface area contributed by atoms with Gasteiger partial charge in [0, 0.05) is 37.4 Å². The summed E-state index contributed by atoms with van der Waals surface area (Å²) in [5.74, 6) is -0.338. The van der Waals surface area contributed by atoms with Crippen molar-refractivity contribution in [1.82, 2.24) is 29.0 Å². The summed E-state index contributed by atoms with van der Waals surface area (Å²) in [7, 11) is 1.49. The Balaban J connectivity index is 1.56. The van der Waals surface area contributed by atoms with Crippen molar-refractivity contribution in [2.45, 2.75) is 57.9 Å². The van der Waals surface area contributed by atoms with E-state index in [1.807, 2.05) is 6.92 Å². The third kappa shape index (κ3) is 5.27. The van der Waals surface area contributed by atoms with Gasteiger partial charge in [-0.05, 0) is 51.3 Å². The summed E-state index contributed by atoms with van der Waals surface area (Å²) in [6, 6.07) is 3.24. The van der Waals surface area contributed by atoms with Gasteiger partial charge >= 0.3 is 5.69 Å². The number of fused-ring (bicyclic) bond motifs is 1. The number of aryl methyl sites for hydroxylation is 1. The first-order chi connectivity index (χ1) is 20.8. The van der Waals surface area contributed by atoms with E-state index in [4.69, 9.17) is 14.2 Å². The molecule has 0 aliphatic carbocycles. The van der Waals surface area contributed by atoms with Gasteiger partial charge in [0.05, 0.1) is 37.5 Å². The molecular weight excluding hydrogens is 579 g/mol. The molecule has 2 saturated heterocycles. The van der Waals surface area contributed by atoms with Crippen LogP contribution < -0.4 is 16.0 Å². The maximum Gasteiger partial charge on any atom is 0.332 e. The molecule has 1 aromatic carbocycles. The summed E-state index contributed by atoms with van der Waals surface area (Å²) >= 11 is 1.20. The van der Waals surface area contributed by atoms with Crippen molar-refractivity contribution in [3.8, 4) is 10.8 Å². The van der Waals surface area contributed by atoms with Crippen LogP contribution in [0.3, 0.4) is 0 Å². The number of carbonyl (C=O) groups is 1. The molecular formula is C29H33FN6O6S. The SMILES string of the molecule is CCN1CC[C@@H](n2c(=O)c3c(C)c(-n4nccn4)sc3n(C[C@H](OC3CCOCC3)c3cc(F)ccc3OC)c2=O)C1=O. The summed E-state index contributed by atoms with van der Waals surface area (Å²) in [6.07, 6.45) is 3.64. The number of carbonyl (C=O) groups excluding carboxylic acids is 1. The standard InChI is InChI=1S/C29H33FN6O6S/c1-4-33-12-7-21(25(33)37)35-26(38)24-17(2)27(36-31-10-11-32-36)43-28(24)34(29(35)39)16-23(42-19-8-13-41-14-9-19)20-15-18(30)5-6-22(20)40-3/h5-6,10-11,15,19,21,23H,4,7-9,12-14,16H2,1-3H3/t21-,23+/m1/s1. The van der Waals surface area contributed by atoms with Crippen molar-refractivity contribution in [2.75, 3.05) is 33.4 Å². The molecule has 0 spiro atoms. The topological polar surface area (TPSA) is 123 Å². The average molecular weight is 613 g/mol. The number of hydrogen-bond donors (Lipinski definition) is 0. The number of thiophene rings is 1. The van der Waals surface area contributed by atoms with E-state index in [1.54, 1.807) is 11.8 Å². The summed E-state index contributed by atoms with van der Waals surface area (Å²) in [5, 5.41) is 9.35. The average Bonchev–Trinajstić information content (AvgIpc) is 3.75. The minimum absolute atomic E-state index is 0.0584. The number of methoxy groups -OCH3 is 1. The minimum atomic E-state index is -0.931. The molecule has 12 nitrogen and oxygen atoms in total. The van der Waals surface area contributed by atoms with E-state index in [0.717, 1.165) is 4.57 Å². The maximum atomic E-state index is 14.6. The number of halogens is 1. The van der Waals surface area contributed by atoms with Gasteiger partial charge < -0.3 is 19.1 Å². The van der Waals surface area contributed by atoms with Crippen LogP contribution in [0.4, 0.5) is 4.39 Å². The number of hydrogen-bond acceptors (Lipinski definition) is 9. The van der Waals surface area contributed by atoms with E-state index in [0.29, 0.717) is 77.7 Å². The molecule has 43 heavy (non-hydrogen) atoms. The van der Waals surface area contributed by atoms with Crippen molar-refractivity contribution in [3.05, 3.63) is 68.4 Å². The van der Waals surface area contributed by atoms with Crippen LogP contribution in [0.5, 0.6) is 5.75 Å². The molecule has 6 rings (SSSR count). The molecule has 0 saturated carbocycles. The van der Waals surface area contributed by atoms with Gasteiger partial charge in [0.15, 0.2) is 0 Å². The summed E-state index contributed by atoms with van der Waals surface area (Å²) in [4.78, 5) is 45.2. The van der Waals surface area contributed by atoms with Crippen molar-refractivity contribution in [1.29, 1.82) is 0 Å². The Morgan fingerprint density at radius 2 is 1.88 bits per heavy atom. The second-order valence-corrected chi connectivity index (χ2v) is 11.6. The highest BCUT2D eigenvalue weighted by Crippen LogP contribution is 2.35. The van der Waals surface area contributed by atoms with Gasteiger partial charge in [-0.15, -0.1) is 4.80 Å². The minimum Gasteiger partial charge on any atom is -0.496 e. The molecule has 2 atom stereocenters. The van der Waals surface area contributed by atoms with Crippen LogP contribution in [0.15, 0.2) is 40.2 Å². The van der Waals surface area contributed by atoms with E-state index in [1.165, 1.54) is 58.4 Å². The van der Waals surface area contributed by atoms with Crippen LogP contribution >= 0.6 is 11.3 Å². The van der Waals surface area contributed by atoms with Crippen molar-refractivity contribution in [3.63, 3.8) is 0 Å². The molecule has 0 unspecified atom stereocenters. The normalized spacial score (nSPS) is 18.6. The Bertz CT molecular complexity index is 1760. The highest BCUT2D eigenvalue weighted by molar-refractivity contribution is 7.21. The molecule has 0 radical (unpaired) electrons. The van der Waals surface area contributed by atoms with E-state index < -0.39 is 29.2 Å². The van der Waals surface area contributed by atoms with Gasteiger partial charge in [0.25, 0.3) is 5.56 Å². The molecule has 0 bridgehead atoms. The second-order valence-electron chi connectivity index (χ2n) is 10.6. The molecule has 4 aromatic rings. The molecule has 0 N–H and O–H groups in total. The van der Waals surface area contributed by atoms with E-state index in [9.17, 15) is 18.8 Å². The van der Waals surface area contributed by atoms with Gasteiger partial charge in [0.1, 0.15) is 33.5 Å². The zero-order chi connectivity index (χ0) is 30.2. The van der Waals surface area contributed by atoms with Gasteiger partial charge in [-0.1, -0.05) is 11.3 Å². The lowest BCUT2D eigenvalue weighted by atomic mass is 10.1. The Labute approximate surface area is 250 Å². The smallest absolute Gasteiger partial charge is 0.332 e. The summed E-state index contributed by atoms with van der Waals surface area (Å²) < 4.78 is 34.8. The predicted octanol–water partition coefficient (Wildman–Crippen LogP) is 2.99. The highest BCUT2D eigenvalue weighted by Gasteiger charge is 2.36. The first kappa shape index (κ1) is 29.2. The number of likely N-dealkylation sites (tertiary alicyclic amines) is 1. The van der Waals surface area contributed by atoms with E-state index in [-0.39, 0.29) is 18.6 Å². The molecule has 228 valence electrons. The zero-order valence-corrected chi connectivity index (χ0v) is 25.0. The van der Waals surface area contributed by atoms with Crippen LogP contribution in [-0.2, 0) is 20.8 Å². The summed E-state index contributed by atoms with van der Waals surface area (Å²) in [6.45, 7) is 5.55. The fourth-order valence-electron chi connectivity index (χ4n) is 5.96. The Hall–Kier alpha value is -3.88. The molecule has 2 aliphatic rings. The van der Waals surface area contributed by atoms with Crippen molar-refractivity contribution < 1.29 is 23.4 Å². The number of likely N-dealkylation sites (N-methyl/N-ethyl adjacent to an activating group) is 1. The first-order valence-electron chi connectivity index (χ1n) is 14.3. The lowest BCUT2D eigenvalue weighted by Crippen LogP contribution is -2.45. The van der Waals surface area contributed by atoms with Gasteiger partial charge in [-0.3, -0.25) is 14.2 Å². The third-order valence-corrected chi connectivity index (χ3v) is 9.47. The van der Waals surface area contributed by atoms with Crippen LogP contribution in [0, 0.1) is 12.7 Å². The van der Waals surface area contributed by atoms with E-state index in [2.05, 4.69) is 10.2 Å². The monoisotopic (exact) mass is 612 g/mol. The number of benzene rings is 1. The lowest BCUT2D eigenvalue weighted by Gasteiger charge is -2.29. The quantitative estimate of drug-likeness (QED) is 0.283. The summed E-state index contributed by atoms with van der Waals surface area (Å²) in [5.41, 5.74) is -0.147. The number of ether oxygens (including phenoxy) is 3. The number of aromatic nitrogens is 5. The van der Waals surface area contributed by atoms with E-state index >= 15 is 0 Å². The molecule has 1 amide bonds. The zero-order valence-electron chi connectivity index (χ0n) is 24.2. The van der Waals surface area contributed by atoms with Crippen molar-refractivity contribution >= 4 is 27.5 Å². The predicted molar refractivity (Wildman–Crippen MR) is 157 cm³/mol. The van der Waals surface area contributed by atoms with Crippen LogP contribution in [0.25, 0.3) is 15.2 Å². The Morgan fingerprint density at radius 1 is 1.14 bits per heavy atom. The molecule has 14 heteroatoms. The number of amides is 1. The largest absolute Gasteiger partial charge is 0.496 e. The Kier molecular flexibility index (Phi) is 8.16. The first-order valence-corrected chi connectivity index (χ1v) is 15.1. The molecule has 2 aliphatic heterocycles. The Morgan fingerprint density at radius 3 is 2.56 bits per heavy atom. The van der Waals surface area contributed by atoms with Gasteiger partial charge in [-0.25, -0.2) is 13.8 Å².